The molecule has 1 aliphatic rings. The SMILES string of the molecule is CCOc1ccccc1N1C[C@@H](C(=O)Nc2ccc(Br)cc2C)CC1=O. The Morgan fingerprint density at radius 3 is 2.81 bits per heavy atom. The number of carbonyl (C=O) groups is 2. The Morgan fingerprint density at radius 2 is 2.08 bits per heavy atom. The molecule has 1 aliphatic heterocycles. The van der Waals surface area contributed by atoms with Crippen LogP contribution < -0.4 is 15.0 Å². The molecule has 1 saturated heterocycles. The highest BCUT2D eigenvalue weighted by molar-refractivity contribution is 9.10. The molecule has 0 aromatic heterocycles. The van der Waals surface area contributed by atoms with Crippen LogP contribution in [0.25, 0.3) is 0 Å². The number of para-hydroxylation sites is 2. The average Bonchev–Trinajstić information content (AvgIpc) is 3.00. The van der Waals surface area contributed by atoms with Crippen LogP contribution in [0.3, 0.4) is 0 Å². The highest BCUT2D eigenvalue weighted by Gasteiger charge is 2.36. The Bertz CT molecular complexity index is 838. The first-order valence-corrected chi connectivity index (χ1v) is 9.38. The van der Waals surface area contributed by atoms with Crippen molar-refractivity contribution in [3.05, 3.63) is 52.5 Å². The van der Waals surface area contributed by atoms with E-state index in [9.17, 15) is 9.59 Å². The Kier molecular flexibility index (Phi) is 5.61. The maximum absolute atomic E-state index is 12.7. The third-order valence-corrected chi connectivity index (χ3v) is 4.89. The van der Waals surface area contributed by atoms with Crippen LogP contribution in [0.5, 0.6) is 5.75 Å². The van der Waals surface area contributed by atoms with Crippen molar-refractivity contribution in [1.29, 1.82) is 0 Å². The minimum Gasteiger partial charge on any atom is -0.492 e. The molecular weight excluding hydrogens is 396 g/mol. The van der Waals surface area contributed by atoms with Gasteiger partial charge < -0.3 is 15.0 Å². The summed E-state index contributed by atoms with van der Waals surface area (Å²) in [6, 6.07) is 13.1. The first-order chi connectivity index (χ1) is 12.5. The van der Waals surface area contributed by atoms with Crippen molar-refractivity contribution in [1.82, 2.24) is 0 Å². The molecule has 2 aromatic carbocycles. The number of halogens is 1. The second kappa shape index (κ2) is 7.91. The molecule has 0 aliphatic carbocycles. The molecule has 26 heavy (non-hydrogen) atoms. The van der Waals surface area contributed by atoms with Crippen LogP contribution in [-0.4, -0.2) is 25.0 Å². The van der Waals surface area contributed by atoms with Crippen LogP contribution in [0.4, 0.5) is 11.4 Å². The first-order valence-electron chi connectivity index (χ1n) is 8.58. The molecule has 5 nitrogen and oxygen atoms in total. The van der Waals surface area contributed by atoms with E-state index in [0.717, 1.165) is 21.4 Å². The lowest BCUT2D eigenvalue weighted by Gasteiger charge is -2.20. The van der Waals surface area contributed by atoms with Gasteiger partial charge in [-0.15, -0.1) is 0 Å². The number of hydrogen-bond acceptors (Lipinski definition) is 3. The molecule has 1 N–H and O–H groups in total. The van der Waals surface area contributed by atoms with E-state index in [1.807, 2.05) is 56.3 Å². The molecule has 1 heterocycles. The van der Waals surface area contributed by atoms with E-state index in [2.05, 4.69) is 21.2 Å². The zero-order valence-corrected chi connectivity index (χ0v) is 16.4. The van der Waals surface area contributed by atoms with E-state index in [-0.39, 0.29) is 24.2 Å². The van der Waals surface area contributed by atoms with Gasteiger partial charge in [-0.2, -0.15) is 0 Å². The minimum atomic E-state index is -0.389. The summed E-state index contributed by atoms with van der Waals surface area (Å²) in [5.41, 5.74) is 2.45. The van der Waals surface area contributed by atoms with Gasteiger partial charge in [-0.25, -0.2) is 0 Å². The minimum absolute atomic E-state index is 0.0650. The second-order valence-electron chi connectivity index (χ2n) is 6.25. The number of aryl methyl sites for hydroxylation is 1. The van der Waals surface area contributed by atoms with Crippen LogP contribution in [0.15, 0.2) is 46.9 Å². The Hall–Kier alpha value is -2.34. The van der Waals surface area contributed by atoms with E-state index in [1.54, 1.807) is 4.90 Å². The average molecular weight is 417 g/mol. The number of ether oxygens (including phenoxy) is 1. The van der Waals surface area contributed by atoms with E-state index < -0.39 is 0 Å². The first kappa shape index (κ1) is 18.5. The summed E-state index contributed by atoms with van der Waals surface area (Å²) in [4.78, 5) is 26.8. The number of nitrogens with one attached hydrogen (secondary N) is 1. The van der Waals surface area contributed by atoms with Gasteiger partial charge >= 0.3 is 0 Å². The third-order valence-electron chi connectivity index (χ3n) is 4.40. The molecule has 0 spiro atoms. The number of carbonyl (C=O) groups excluding carboxylic acids is 2. The quantitative estimate of drug-likeness (QED) is 0.796. The lowest BCUT2D eigenvalue weighted by atomic mass is 10.1. The molecule has 0 bridgehead atoms. The fourth-order valence-electron chi connectivity index (χ4n) is 3.08. The molecule has 3 rings (SSSR count). The largest absolute Gasteiger partial charge is 0.492 e. The molecule has 1 atom stereocenters. The van der Waals surface area contributed by atoms with Gasteiger partial charge in [0.2, 0.25) is 11.8 Å². The molecule has 136 valence electrons. The van der Waals surface area contributed by atoms with Crippen LogP contribution in [-0.2, 0) is 9.59 Å². The molecule has 1 fully saturated rings. The number of benzene rings is 2. The smallest absolute Gasteiger partial charge is 0.229 e. The zero-order valence-electron chi connectivity index (χ0n) is 14.8. The van der Waals surface area contributed by atoms with E-state index in [4.69, 9.17) is 4.74 Å². The van der Waals surface area contributed by atoms with Gasteiger partial charge in [0, 0.05) is 23.1 Å². The summed E-state index contributed by atoms with van der Waals surface area (Å²) in [5.74, 6) is 0.0680. The Balaban J connectivity index is 1.74. The maximum atomic E-state index is 12.7. The molecule has 0 radical (unpaired) electrons. The Morgan fingerprint density at radius 1 is 1.31 bits per heavy atom. The lowest BCUT2D eigenvalue weighted by molar-refractivity contribution is -0.122. The van der Waals surface area contributed by atoms with E-state index in [0.29, 0.717) is 18.9 Å². The van der Waals surface area contributed by atoms with Crippen molar-refractivity contribution in [2.45, 2.75) is 20.3 Å². The fourth-order valence-corrected chi connectivity index (χ4v) is 3.55. The number of anilines is 2. The summed E-state index contributed by atoms with van der Waals surface area (Å²) in [6.07, 6.45) is 0.196. The van der Waals surface area contributed by atoms with Gasteiger partial charge in [0.1, 0.15) is 5.75 Å². The van der Waals surface area contributed by atoms with Crippen molar-refractivity contribution in [2.24, 2.45) is 5.92 Å². The third kappa shape index (κ3) is 3.90. The molecule has 0 unspecified atom stereocenters. The predicted molar refractivity (Wildman–Crippen MR) is 106 cm³/mol. The standard InChI is InChI=1S/C20H21BrN2O3/c1-3-26-18-7-5-4-6-17(18)23-12-14(11-19(23)24)20(25)22-16-9-8-15(21)10-13(16)2/h4-10,14H,3,11-12H2,1-2H3,(H,22,25)/t14-/m0/s1. The highest BCUT2D eigenvalue weighted by Crippen LogP contribution is 2.33. The van der Waals surface area contributed by atoms with Crippen LogP contribution in [0.2, 0.25) is 0 Å². The van der Waals surface area contributed by atoms with Gasteiger partial charge in [-0.3, -0.25) is 9.59 Å². The fraction of sp³-hybridized carbons (Fsp3) is 0.300. The van der Waals surface area contributed by atoms with Crippen molar-refractivity contribution in [2.75, 3.05) is 23.4 Å². The van der Waals surface area contributed by atoms with E-state index >= 15 is 0 Å². The number of rotatable bonds is 5. The van der Waals surface area contributed by atoms with Crippen molar-refractivity contribution in [3.8, 4) is 5.75 Å². The molecule has 2 amide bonds. The topological polar surface area (TPSA) is 58.6 Å². The number of amides is 2. The highest BCUT2D eigenvalue weighted by atomic mass is 79.9. The van der Waals surface area contributed by atoms with Crippen molar-refractivity contribution in [3.63, 3.8) is 0 Å². The molecular formula is C20H21BrN2O3. The summed E-state index contributed by atoms with van der Waals surface area (Å²) < 4.78 is 6.58. The summed E-state index contributed by atoms with van der Waals surface area (Å²) >= 11 is 3.41. The zero-order chi connectivity index (χ0) is 18.7. The summed E-state index contributed by atoms with van der Waals surface area (Å²) in [7, 11) is 0. The second-order valence-corrected chi connectivity index (χ2v) is 7.17. The summed E-state index contributed by atoms with van der Waals surface area (Å²) in [5, 5.41) is 2.94. The lowest BCUT2D eigenvalue weighted by Crippen LogP contribution is -2.28. The van der Waals surface area contributed by atoms with Gasteiger partial charge in [0.25, 0.3) is 0 Å². The van der Waals surface area contributed by atoms with Crippen molar-refractivity contribution < 1.29 is 14.3 Å². The predicted octanol–water partition coefficient (Wildman–Crippen LogP) is 4.15. The normalized spacial score (nSPS) is 16.7. The van der Waals surface area contributed by atoms with Gasteiger partial charge in [0.05, 0.1) is 18.2 Å². The molecule has 6 heteroatoms. The van der Waals surface area contributed by atoms with Crippen LogP contribution in [0, 0.1) is 12.8 Å². The van der Waals surface area contributed by atoms with Gasteiger partial charge in [-0.1, -0.05) is 28.1 Å². The van der Waals surface area contributed by atoms with Crippen LogP contribution in [0.1, 0.15) is 18.9 Å². The Labute approximate surface area is 161 Å². The monoisotopic (exact) mass is 416 g/mol. The molecule has 2 aromatic rings. The van der Waals surface area contributed by atoms with Crippen molar-refractivity contribution >= 4 is 39.1 Å². The number of nitrogens with zero attached hydrogens (tertiary/aromatic N) is 1. The van der Waals surface area contributed by atoms with E-state index in [1.165, 1.54) is 0 Å². The number of hydrogen-bond donors (Lipinski definition) is 1. The maximum Gasteiger partial charge on any atom is 0.229 e. The summed E-state index contributed by atoms with van der Waals surface area (Å²) in [6.45, 7) is 4.71. The van der Waals surface area contributed by atoms with Gasteiger partial charge in [-0.05, 0) is 49.7 Å². The van der Waals surface area contributed by atoms with Gasteiger partial charge in [0.15, 0.2) is 0 Å². The molecule has 0 saturated carbocycles. The van der Waals surface area contributed by atoms with Crippen LogP contribution >= 0.6 is 15.9 Å².